The second-order valence-corrected chi connectivity index (χ2v) is 10.6. The van der Waals surface area contributed by atoms with E-state index in [0.717, 1.165) is 13.0 Å². The zero-order valence-electron chi connectivity index (χ0n) is 14.1. The Balaban J connectivity index is 1.96. The fourth-order valence-electron chi connectivity index (χ4n) is 3.63. The van der Waals surface area contributed by atoms with Crippen molar-refractivity contribution in [2.45, 2.75) is 82.7 Å². The van der Waals surface area contributed by atoms with Crippen LogP contribution in [0.5, 0.6) is 0 Å². The van der Waals surface area contributed by atoms with Gasteiger partial charge < -0.3 is 5.32 Å². The van der Waals surface area contributed by atoms with Crippen molar-refractivity contribution in [3.63, 3.8) is 0 Å². The quantitative estimate of drug-likeness (QED) is 0.816. The van der Waals surface area contributed by atoms with Gasteiger partial charge in [-0.2, -0.15) is 0 Å². The van der Waals surface area contributed by atoms with Crippen LogP contribution in [0.4, 0.5) is 0 Å². The monoisotopic (exact) mass is 316 g/mol. The van der Waals surface area contributed by atoms with Crippen molar-refractivity contribution in [1.29, 1.82) is 0 Å². The van der Waals surface area contributed by atoms with E-state index in [1.54, 1.807) is 20.8 Å². The van der Waals surface area contributed by atoms with E-state index in [4.69, 9.17) is 0 Å². The normalized spacial score (nSPS) is 30.0. The van der Waals surface area contributed by atoms with Gasteiger partial charge in [-0.1, -0.05) is 6.92 Å². The summed E-state index contributed by atoms with van der Waals surface area (Å²) in [4.78, 5) is 2.44. The number of piperidine rings is 1. The third-order valence-corrected chi connectivity index (χ3v) is 7.64. The Hall–Kier alpha value is -0.130. The van der Waals surface area contributed by atoms with Crippen LogP contribution in [-0.2, 0) is 9.84 Å². The maximum atomic E-state index is 12.3. The Morgan fingerprint density at radius 2 is 1.67 bits per heavy atom. The summed E-state index contributed by atoms with van der Waals surface area (Å²) in [6.07, 6.45) is 6.05. The molecule has 2 bridgehead atoms. The molecule has 0 aromatic heterocycles. The fraction of sp³-hybridized carbons (Fsp3) is 1.00. The molecule has 2 fully saturated rings. The van der Waals surface area contributed by atoms with Gasteiger partial charge in [0.15, 0.2) is 9.84 Å². The largest absolute Gasteiger partial charge is 0.311 e. The van der Waals surface area contributed by atoms with E-state index in [-0.39, 0.29) is 5.75 Å². The lowest BCUT2D eigenvalue weighted by Gasteiger charge is -2.38. The van der Waals surface area contributed by atoms with Crippen molar-refractivity contribution in [2.75, 3.05) is 18.8 Å². The summed E-state index contributed by atoms with van der Waals surface area (Å²) in [5.41, 5.74) is 0. The van der Waals surface area contributed by atoms with Crippen LogP contribution in [0.2, 0.25) is 0 Å². The number of rotatable bonds is 6. The number of hydrogen-bond donors (Lipinski definition) is 1. The zero-order valence-corrected chi connectivity index (χ0v) is 14.9. The predicted molar refractivity (Wildman–Crippen MR) is 88.4 cm³/mol. The van der Waals surface area contributed by atoms with E-state index in [9.17, 15) is 8.42 Å². The molecule has 2 atom stereocenters. The molecule has 0 aliphatic carbocycles. The predicted octanol–water partition coefficient (Wildman–Crippen LogP) is 2.19. The lowest BCUT2D eigenvalue weighted by molar-refractivity contribution is 0.148. The average molecular weight is 317 g/mol. The van der Waals surface area contributed by atoms with Crippen molar-refractivity contribution in [2.24, 2.45) is 0 Å². The topological polar surface area (TPSA) is 49.4 Å². The first kappa shape index (κ1) is 17.2. The number of nitrogens with one attached hydrogen (secondary N) is 1. The molecule has 2 aliphatic rings. The number of sulfone groups is 1. The molecule has 0 aromatic rings. The van der Waals surface area contributed by atoms with Gasteiger partial charge in [-0.05, 0) is 59.4 Å². The molecule has 0 spiro atoms. The van der Waals surface area contributed by atoms with Crippen LogP contribution in [0.1, 0.15) is 59.8 Å². The molecule has 2 aliphatic heterocycles. The number of fused-ring (bicyclic) bond motifs is 2. The Kier molecular flexibility index (Phi) is 5.37. The molecule has 4 nitrogen and oxygen atoms in total. The first-order valence-electron chi connectivity index (χ1n) is 8.45. The molecule has 2 unspecified atom stereocenters. The SMILES string of the molecule is CCCN(CCS(=O)(=O)C(C)(C)C)C1CC2CCC(C1)N2. The lowest BCUT2D eigenvalue weighted by Crippen LogP contribution is -2.50. The lowest BCUT2D eigenvalue weighted by atomic mass is 9.98. The summed E-state index contributed by atoms with van der Waals surface area (Å²) in [5.74, 6) is 0.287. The van der Waals surface area contributed by atoms with Gasteiger partial charge in [0.25, 0.3) is 0 Å². The molecule has 0 amide bonds. The highest BCUT2D eigenvalue weighted by molar-refractivity contribution is 7.92. The molecule has 0 saturated carbocycles. The highest BCUT2D eigenvalue weighted by atomic mass is 32.2. The van der Waals surface area contributed by atoms with E-state index in [0.29, 0.717) is 24.7 Å². The Bertz CT molecular complexity index is 430. The Labute approximate surface area is 130 Å². The second kappa shape index (κ2) is 6.55. The standard InChI is InChI=1S/C16H32N2O2S/c1-5-8-18(9-10-21(19,20)16(2,3)4)15-11-13-6-7-14(12-15)17-13/h13-15,17H,5-12H2,1-4H3. The van der Waals surface area contributed by atoms with Crippen molar-refractivity contribution in [1.82, 2.24) is 10.2 Å². The first-order chi connectivity index (χ1) is 9.73. The van der Waals surface area contributed by atoms with E-state index in [1.807, 2.05) is 0 Å². The van der Waals surface area contributed by atoms with Crippen LogP contribution in [-0.4, -0.2) is 55.0 Å². The van der Waals surface area contributed by atoms with Crippen LogP contribution in [0.25, 0.3) is 0 Å². The highest BCUT2D eigenvalue weighted by Crippen LogP contribution is 2.30. The minimum absolute atomic E-state index is 0.287. The second-order valence-electron chi connectivity index (χ2n) is 7.73. The van der Waals surface area contributed by atoms with Crippen molar-refractivity contribution in [3.05, 3.63) is 0 Å². The molecular formula is C16H32N2O2S. The van der Waals surface area contributed by atoms with Gasteiger partial charge >= 0.3 is 0 Å². The summed E-state index contributed by atoms with van der Waals surface area (Å²) < 4.78 is 24.1. The molecule has 0 aromatic carbocycles. The van der Waals surface area contributed by atoms with Crippen LogP contribution in [0.3, 0.4) is 0 Å². The first-order valence-corrected chi connectivity index (χ1v) is 10.1. The average Bonchev–Trinajstić information content (AvgIpc) is 2.72. The van der Waals surface area contributed by atoms with Crippen molar-refractivity contribution >= 4 is 9.84 Å². The molecule has 5 heteroatoms. The minimum Gasteiger partial charge on any atom is -0.311 e. The number of nitrogens with zero attached hydrogens (tertiary/aromatic N) is 1. The van der Waals surface area contributed by atoms with E-state index in [2.05, 4.69) is 17.1 Å². The van der Waals surface area contributed by atoms with Gasteiger partial charge in [0, 0.05) is 24.7 Å². The maximum absolute atomic E-state index is 12.3. The number of hydrogen-bond acceptors (Lipinski definition) is 4. The highest BCUT2D eigenvalue weighted by Gasteiger charge is 2.36. The molecule has 0 radical (unpaired) electrons. The smallest absolute Gasteiger partial charge is 0.156 e. The molecule has 124 valence electrons. The zero-order chi connectivity index (χ0) is 15.7. The Morgan fingerprint density at radius 3 is 2.14 bits per heavy atom. The van der Waals surface area contributed by atoms with Crippen LogP contribution >= 0.6 is 0 Å². The van der Waals surface area contributed by atoms with Crippen LogP contribution in [0.15, 0.2) is 0 Å². The van der Waals surface area contributed by atoms with Crippen molar-refractivity contribution < 1.29 is 8.42 Å². The third-order valence-electron chi connectivity index (χ3n) is 5.06. The summed E-state index contributed by atoms with van der Waals surface area (Å²) in [6.45, 7) is 9.30. The van der Waals surface area contributed by atoms with E-state index < -0.39 is 14.6 Å². The van der Waals surface area contributed by atoms with E-state index >= 15 is 0 Å². The van der Waals surface area contributed by atoms with Gasteiger partial charge in [0.05, 0.1) is 10.5 Å². The van der Waals surface area contributed by atoms with Crippen molar-refractivity contribution in [3.8, 4) is 0 Å². The van der Waals surface area contributed by atoms with Gasteiger partial charge in [-0.15, -0.1) is 0 Å². The molecule has 2 rings (SSSR count). The Morgan fingerprint density at radius 1 is 1.10 bits per heavy atom. The molecule has 21 heavy (non-hydrogen) atoms. The van der Waals surface area contributed by atoms with Gasteiger partial charge in [-0.3, -0.25) is 4.90 Å². The molecule has 2 saturated heterocycles. The van der Waals surface area contributed by atoms with Gasteiger partial charge in [0.2, 0.25) is 0 Å². The molecule has 1 N–H and O–H groups in total. The maximum Gasteiger partial charge on any atom is 0.156 e. The summed E-state index contributed by atoms with van der Waals surface area (Å²) in [7, 11) is -3.02. The molecular weight excluding hydrogens is 284 g/mol. The summed E-state index contributed by atoms with van der Waals surface area (Å²) in [5, 5.41) is 3.67. The minimum atomic E-state index is -3.02. The third kappa shape index (κ3) is 4.20. The van der Waals surface area contributed by atoms with Crippen LogP contribution in [0, 0.1) is 0 Å². The summed E-state index contributed by atoms with van der Waals surface area (Å²) in [6, 6.07) is 1.89. The fourth-order valence-corrected chi connectivity index (χ4v) is 4.72. The molecule has 2 heterocycles. The summed E-state index contributed by atoms with van der Waals surface area (Å²) >= 11 is 0. The van der Waals surface area contributed by atoms with Gasteiger partial charge in [0.1, 0.15) is 0 Å². The van der Waals surface area contributed by atoms with Gasteiger partial charge in [-0.25, -0.2) is 8.42 Å². The van der Waals surface area contributed by atoms with Crippen LogP contribution < -0.4 is 5.32 Å². The van der Waals surface area contributed by atoms with E-state index in [1.165, 1.54) is 25.7 Å².